The molecule has 0 unspecified atom stereocenters. The highest BCUT2D eigenvalue weighted by Gasteiger charge is 1.99. The van der Waals surface area contributed by atoms with E-state index < -0.39 is 0 Å². The van der Waals surface area contributed by atoms with Crippen LogP contribution in [0.1, 0.15) is 58.3 Å². The lowest BCUT2D eigenvalue weighted by Gasteiger charge is -2.07. The molecule has 130 valence electrons. The van der Waals surface area contributed by atoms with Gasteiger partial charge < -0.3 is 4.74 Å². The van der Waals surface area contributed by atoms with Crippen LogP contribution in [0.2, 0.25) is 0 Å². The molecule has 2 aromatic rings. The van der Waals surface area contributed by atoms with Crippen molar-refractivity contribution in [2.24, 2.45) is 0 Å². The number of unbranched alkanes of at least 4 members (excludes halogenated alkanes) is 7. The van der Waals surface area contributed by atoms with E-state index >= 15 is 0 Å². The van der Waals surface area contributed by atoms with Gasteiger partial charge in [-0.2, -0.15) is 0 Å². The summed E-state index contributed by atoms with van der Waals surface area (Å²) >= 11 is 1.78. The molecule has 0 amide bonds. The molecule has 0 bridgehead atoms. The zero-order valence-corrected chi connectivity index (χ0v) is 15.7. The molecule has 0 radical (unpaired) electrons. The highest BCUT2D eigenvalue weighted by molar-refractivity contribution is 7.99. The van der Waals surface area contributed by atoms with Gasteiger partial charge in [0.05, 0.1) is 6.61 Å². The maximum atomic E-state index is 5.85. The van der Waals surface area contributed by atoms with E-state index in [1.54, 1.807) is 11.8 Å². The van der Waals surface area contributed by atoms with E-state index in [1.165, 1.54) is 54.7 Å². The standard InChI is InChI=1S/C22H30OS/c1-2-3-4-5-6-7-8-12-19-23-20-15-17-22(18-16-20)24-21-13-10-9-11-14-21/h9-11,13-18H,2-8,12,19H2,1H3. The smallest absolute Gasteiger partial charge is 0.119 e. The minimum absolute atomic E-state index is 0.833. The molecule has 2 rings (SSSR count). The number of hydrogen-bond donors (Lipinski definition) is 0. The monoisotopic (exact) mass is 342 g/mol. The molecule has 0 aliphatic rings. The predicted molar refractivity (Wildman–Crippen MR) is 105 cm³/mol. The first-order valence-corrected chi connectivity index (χ1v) is 10.2. The Balaban J connectivity index is 1.57. The lowest BCUT2D eigenvalue weighted by molar-refractivity contribution is 0.304. The molecule has 0 fully saturated rings. The normalized spacial score (nSPS) is 10.7. The Bertz CT molecular complexity index is 536. The molecule has 0 saturated heterocycles. The molecule has 0 aliphatic heterocycles. The molecule has 0 heterocycles. The van der Waals surface area contributed by atoms with Crippen LogP contribution in [0.5, 0.6) is 5.75 Å². The van der Waals surface area contributed by atoms with Crippen LogP contribution in [0.25, 0.3) is 0 Å². The van der Waals surface area contributed by atoms with Crippen LogP contribution in [0.15, 0.2) is 64.4 Å². The van der Waals surface area contributed by atoms with E-state index in [4.69, 9.17) is 4.74 Å². The molecule has 0 spiro atoms. The van der Waals surface area contributed by atoms with Crippen molar-refractivity contribution in [3.63, 3.8) is 0 Å². The molecule has 0 saturated carbocycles. The second kappa shape index (κ2) is 12.0. The average molecular weight is 343 g/mol. The summed E-state index contributed by atoms with van der Waals surface area (Å²) in [5, 5.41) is 0. The van der Waals surface area contributed by atoms with Crippen molar-refractivity contribution in [2.45, 2.75) is 68.1 Å². The largest absolute Gasteiger partial charge is 0.494 e. The summed E-state index contributed by atoms with van der Waals surface area (Å²) in [7, 11) is 0. The van der Waals surface area contributed by atoms with Crippen LogP contribution in [0.4, 0.5) is 0 Å². The molecule has 0 atom stereocenters. The first-order valence-electron chi connectivity index (χ1n) is 9.34. The first kappa shape index (κ1) is 18.9. The maximum absolute atomic E-state index is 5.85. The Kier molecular flexibility index (Phi) is 9.48. The summed E-state index contributed by atoms with van der Waals surface area (Å²) < 4.78 is 5.85. The molecule has 0 aliphatic carbocycles. The summed E-state index contributed by atoms with van der Waals surface area (Å²) in [5.74, 6) is 0.982. The summed E-state index contributed by atoms with van der Waals surface area (Å²) in [4.78, 5) is 2.52. The molecule has 1 nitrogen and oxygen atoms in total. The average Bonchev–Trinajstić information content (AvgIpc) is 2.62. The van der Waals surface area contributed by atoms with Crippen LogP contribution in [0, 0.1) is 0 Å². The predicted octanol–water partition coefficient (Wildman–Crippen LogP) is 7.36. The summed E-state index contributed by atoms with van der Waals surface area (Å²) in [6.07, 6.45) is 10.7. The fraction of sp³-hybridized carbons (Fsp3) is 0.455. The van der Waals surface area contributed by atoms with Crippen LogP contribution >= 0.6 is 11.8 Å². The second-order valence-corrected chi connectivity index (χ2v) is 7.36. The van der Waals surface area contributed by atoms with Gasteiger partial charge in [-0.15, -0.1) is 0 Å². The first-order chi connectivity index (χ1) is 11.9. The van der Waals surface area contributed by atoms with Gasteiger partial charge in [-0.25, -0.2) is 0 Å². The van der Waals surface area contributed by atoms with E-state index in [-0.39, 0.29) is 0 Å². The number of ether oxygens (including phenoxy) is 1. The van der Waals surface area contributed by atoms with E-state index in [1.807, 2.05) is 6.07 Å². The molecule has 24 heavy (non-hydrogen) atoms. The fourth-order valence-electron chi connectivity index (χ4n) is 2.65. The van der Waals surface area contributed by atoms with Gasteiger partial charge in [0.2, 0.25) is 0 Å². The quantitative estimate of drug-likeness (QED) is 0.373. The van der Waals surface area contributed by atoms with Gasteiger partial charge in [0, 0.05) is 9.79 Å². The van der Waals surface area contributed by atoms with Crippen LogP contribution < -0.4 is 4.74 Å². The third-order valence-corrected chi connectivity index (χ3v) is 5.08. The molecule has 0 N–H and O–H groups in total. The van der Waals surface area contributed by atoms with E-state index in [9.17, 15) is 0 Å². The van der Waals surface area contributed by atoms with Gasteiger partial charge in [-0.3, -0.25) is 0 Å². The molecule has 2 heteroatoms. The van der Waals surface area contributed by atoms with Crippen molar-refractivity contribution in [1.29, 1.82) is 0 Å². The Labute approximate surface area is 151 Å². The number of hydrogen-bond acceptors (Lipinski definition) is 2. The highest BCUT2D eigenvalue weighted by atomic mass is 32.2. The van der Waals surface area contributed by atoms with E-state index in [0.29, 0.717) is 0 Å². The topological polar surface area (TPSA) is 9.23 Å². The van der Waals surface area contributed by atoms with Gasteiger partial charge in [0.15, 0.2) is 0 Å². The number of benzene rings is 2. The maximum Gasteiger partial charge on any atom is 0.119 e. The zero-order chi connectivity index (χ0) is 16.9. The van der Waals surface area contributed by atoms with E-state index in [2.05, 4.69) is 55.5 Å². The van der Waals surface area contributed by atoms with Crippen molar-refractivity contribution in [1.82, 2.24) is 0 Å². The Morgan fingerprint density at radius 2 is 1.25 bits per heavy atom. The summed E-state index contributed by atoms with van der Waals surface area (Å²) in [5.41, 5.74) is 0. The minimum atomic E-state index is 0.833. The van der Waals surface area contributed by atoms with Crippen molar-refractivity contribution in [3.8, 4) is 5.75 Å². The van der Waals surface area contributed by atoms with Crippen molar-refractivity contribution < 1.29 is 4.74 Å². The van der Waals surface area contributed by atoms with Crippen LogP contribution in [0.3, 0.4) is 0 Å². The molecular weight excluding hydrogens is 312 g/mol. The van der Waals surface area contributed by atoms with Crippen molar-refractivity contribution >= 4 is 11.8 Å². The second-order valence-electron chi connectivity index (χ2n) is 6.21. The van der Waals surface area contributed by atoms with Gasteiger partial charge >= 0.3 is 0 Å². The molecule has 2 aromatic carbocycles. The van der Waals surface area contributed by atoms with Crippen molar-refractivity contribution in [2.75, 3.05) is 6.61 Å². The SMILES string of the molecule is CCCCCCCCCCOc1ccc(Sc2ccccc2)cc1. The lowest BCUT2D eigenvalue weighted by atomic mass is 10.1. The van der Waals surface area contributed by atoms with E-state index in [0.717, 1.165) is 18.8 Å². The fourth-order valence-corrected chi connectivity index (χ4v) is 3.49. The third-order valence-electron chi connectivity index (χ3n) is 4.07. The van der Waals surface area contributed by atoms with Gasteiger partial charge in [-0.1, -0.05) is 81.8 Å². The molecule has 0 aromatic heterocycles. The molecular formula is C22H30OS. The Morgan fingerprint density at radius 1 is 0.667 bits per heavy atom. The lowest BCUT2D eigenvalue weighted by Crippen LogP contribution is -1.97. The highest BCUT2D eigenvalue weighted by Crippen LogP contribution is 2.28. The summed E-state index contributed by atoms with van der Waals surface area (Å²) in [6, 6.07) is 18.9. The minimum Gasteiger partial charge on any atom is -0.494 e. The number of rotatable bonds is 12. The zero-order valence-electron chi connectivity index (χ0n) is 14.9. The van der Waals surface area contributed by atoms with Crippen molar-refractivity contribution in [3.05, 3.63) is 54.6 Å². The van der Waals surface area contributed by atoms with Gasteiger partial charge in [0.1, 0.15) is 5.75 Å². The third kappa shape index (κ3) is 7.92. The van der Waals surface area contributed by atoms with Gasteiger partial charge in [0.25, 0.3) is 0 Å². The Hall–Kier alpha value is -1.41. The summed E-state index contributed by atoms with van der Waals surface area (Å²) in [6.45, 7) is 3.10. The Morgan fingerprint density at radius 3 is 1.92 bits per heavy atom. The van der Waals surface area contributed by atoms with Crippen LogP contribution in [-0.2, 0) is 0 Å². The van der Waals surface area contributed by atoms with Crippen LogP contribution in [-0.4, -0.2) is 6.61 Å². The van der Waals surface area contributed by atoms with Gasteiger partial charge in [-0.05, 0) is 42.8 Å².